The largest absolute Gasteiger partial charge is 0.397 e. The Balaban J connectivity index is 2.08. The Hall–Kier alpha value is -0.540. The van der Waals surface area contributed by atoms with E-state index in [1.54, 1.807) is 6.07 Å². The third-order valence-corrected chi connectivity index (χ3v) is 4.51. The predicted molar refractivity (Wildman–Crippen MR) is 74.4 cm³/mol. The van der Waals surface area contributed by atoms with Gasteiger partial charge in [0.05, 0.1) is 11.4 Å². The molecule has 0 aromatic heterocycles. The first-order chi connectivity index (χ1) is 7.70. The van der Waals surface area contributed by atoms with Crippen LogP contribution in [0.4, 0.5) is 11.4 Å². The fourth-order valence-corrected chi connectivity index (χ4v) is 3.35. The maximum absolute atomic E-state index is 5.93. The monoisotopic (exact) mass is 256 g/mol. The topological polar surface area (TPSA) is 38.0 Å². The van der Waals surface area contributed by atoms with Gasteiger partial charge in [-0.1, -0.05) is 18.0 Å². The summed E-state index contributed by atoms with van der Waals surface area (Å²) in [6, 6.07) is 6.18. The Morgan fingerprint density at radius 2 is 2.25 bits per heavy atom. The van der Waals surface area contributed by atoms with E-state index in [1.165, 1.54) is 19.3 Å². The minimum absolute atomic E-state index is 0.540. The molecule has 0 heterocycles. The summed E-state index contributed by atoms with van der Waals surface area (Å²) in [7, 11) is 0. The van der Waals surface area contributed by atoms with Gasteiger partial charge in [-0.3, -0.25) is 0 Å². The molecule has 0 bridgehead atoms. The van der Waals surface area contributed by atoms with Gasteiger partial charge in [0.15, 0.2) is 0 Å². The number of nitrogens with two attached hydrogens (primary N) is 1. The second kappa shape index (κ2) is 5.19. The molecule has 16 heavy (non-hydrogen) atoms. The first-order valence-electron chi connectivity index (χ1n) is 5.55. The Morgan fingerprint density at radius 1 is 1.44 bits per heavy atom. The molecule has 0 amide bonds. The molecule has 1 aromatic carbocycles. The Bertz CT molecular complexity index is 370. The number of hydrogen-bond donors (Lipinski definition) is 2. The van der Waals surface area contributed by atoms with E-state index in [9.17, 15) is 0 Å². The van der Waals surface area contributed by atoms with Crippen molar-refractivity contribution in [3.8, 4) is 0 Å². The average molecular weight is 257 g/mol. The average Bonchev–Trinajstić information content (AvgIpc) is 2.69. The van der Waals surface area contributed by atoms with Crippen LogP contribution in [0.1, 0.15) is 19.3 Å². The summed E-state index contributed by atoms with van der Waals surface area (Å²) in [6.45, 7) is 0. The van der Waals surface area contributed by atoms with Crippen molar-refractivity contribution in [2.75, 3.05) is 17.3 Å². The van der Waals surface area contributed by atoms with Crippen LogP contribution in [0.2, 0.25) is 5.02 Å². The van der Waals surface area contributed by atoms with Gasteiger partial charge < -0.3 is 11.1 Å². The fourth-order valence-electron chi connectivity index (χ4n) is 2.24. The van der Waals surface area contributed by atoms with Crippen molar-refractivity contribution < 1.29 is 0 Å². The van der Waals surface area contributed by atoms with Gasteiger partial charge in [0.1, 0.15) is 0 Å². The summed E-state index contributed by atoms with van der Waals surface area (Å²) >= 11 is 7.82. The maximum Gasteiger partial charge on any atom is 0.0577 e. The zero-order valence-corrected chi connectivity index (χ0v) is 10.9. The lowest BCUT2D eigenvalue weighted by Gasteiger charge is -2.21. The zero-order chi connectivity index (χ0) is 11.5. The van der Waals surface area contributed by atoms with Crippen molar-refractivity contribution in [2.24, 2.45) is 0 Å². The minimum atomic E-state index is 0.540. The van der Waals surface area contributed by atoms with Crippen molar-refractivity contribution in [2.45, 2.75) is 30.6 Å². The van der Waals surface area contributed by atoms with Gasteiger partial charge >= 0.3 is 0 Å². The van der Waals surface area contributed by atoms with Crippen molar-refractivity contribution in [1.29, 1.82) is 0 Å². The summed E-state index contributed by atoms with van der Waals surface area (Å²) in [6.07, 6.45) is 6.01. The standard InChI is InChI=1S/C12H17ClN2S/c1-16-12-4-2-3-11(12)15-10-6-5-8(13)7-9(10)14/h5-7,11-12,15H,2-4,14H2,1H3. The quantitative estimate of drug-likeness (QED) is 0.812. The number of halogens is 1. The third kappa shape index (κ3) is 2.58. The van der Waals surface area contributed by atoms with Crippen LogP contribution in [0.15, 0.2) is 18.2 Å². The van der Waals surface area contributed by atoms with Crippen molar-refractivity contribution >= 4 is 34.7 Å². The summed E-state index contributed by atoms with van der Waals surface area (Å²) in [5.41, 5.74) is 7.68. The predicted octanol–water partition coefficient (Wildman–Crippen LogP) is 3.62. The number of rotatable bonds is 3. The van der Waals surface area contributed by atoms with Gasteiger partial charge in [-0.25, -0.2) is 0 Å². The van der Waals surface area contributed by atoms with Gasteiger partial charge in [-0.2, -0.15) is 11.8 Å². The van der Waals surface area contributed by atoms with E-state index < -0.39 is 0 Å². The van der Waals surface area contributed by atoms with E-state index >= 15 is 0 Å². The van der Waals surface area contributed by atoms with E-state index in [1.807, 2.05) is 23.9 Å². The molecule has 0 radical (unpaired) electrons. The van der Waals surface area contributed by atoms with Crippen molar-refractivity contribution in [1.82, 2.24) is 0 Å². The molecule has 1 aliphatic carbocycles. The summed E-state index contributed by atoms with van der Waals surface area (Å²) in [5.74, 6) is 0. The molecule has 0 saturated heterocycles. The van der Waals surface area contributed by atoms with E-state index in [0.29, 0.717) is 16.3 Å². The van der Waals surface area contributed by atoms with Gasteiger partial charge in [-0.15, -0.1) is 0 Å². The Morgan fingerprint density at radius 3 is 2.94 bits per heavy atom. The number of nitrogen functional groups attached to an aromatic ring is 1. The van der Waals surface area contributed by atoms with E-state index in [4.69, 9.17) is 17.3 Å². The van der Waals surface area contributed by atoms with E-state index in [0.717, 1.165) is 11.4 Å². The highest BCUT2D eigenvalue weighted by Crippen LogP contribution is 2.32. The van der Waals surface area contributed by atoms with Crippen LogP contribution in [0.5, 0.6) is 0 Å². The van der Waals surface area contributed by atoms with Crippen LogP contribution in [0, 0.1) is 0 Å². The number of benzene rings is 1. The van der Waals surface area contributed by atoms with Gasteiger partial charge in [0.25, 0.3) is 0 Å². The summed E-state index contributed by atoms with van der Waals surface area (Å²) < 4.78 is 0. The zero-order valence-electron chi connectivity index (χ0n) is 9.37. The lowest BCUT2D eigenvalue weighted by atomic mass is 10.2. The Kier molecular flexibility index (Phi) is 3.87. The van der Waals surface area contributed by atoms with Crippen LogP contribution >= 0.6 is 23.4 Å². The molecule has 2 rings (SSSR count). The lowest BCUT2D eigenvalue weighted by Crippen LogP contribution is -2.26. The fraction of sp³-hybridized carbons (Fsp3) is 0.500. The molecule has 88 valence electrons. The molecule has 0 aliphatic heterocycles. The number of thioether (sulfide) groups is 1. The second-order valence-corrected chi connectivity index (χ2v) is 5.70. The van der Waals surface area contributed by atoms with E-state index in [-0.39, 0.29) is 0 Å². The smallest absolute Gasteiger partial charge is 0.0577 e. The molecule has 1 aromatic rings. The first-order valence-corrected chi connectivity index (χ1v) is 7.21. The second-order valence-electron chi connectivity index (χ2n) is 4.19. The molecule has 3 N–H and O–H groups in total. The number of hydrogen-bond acceptors (Lipinski definition) is 3. The molecule has 2 nitrogen and oxygen atoms in total. The number of nitrogens with one attached hydrogen (secondary N) is 1. The first kappa shape index (κ1) is 11.9. The molecular formula is C12H17ClN2S. The molecule has 1 aliphatic rings. The molecule has 2 atom stereocenters. The molecule has 1 fully saturated rings. The van der Waals surface area contributed by atoms with Gasteiger partial charge in [0, 0.05) is 16.3 Å². The SMILES string of the molecule is CSC1CCCC1Nc1ccc(Cl)cc1N. The van der Waals surface area contributed by atoms with Crippen molar-refractivity contribution in [3.05, 3.63) is 23.2 Å². The van der Waals surface area contributed by atoms with Gasteiger partial charge in [0.2, 0.25) is 0 Å². The highest BCUT2D eigenvalue weighted by atomic mass is 35.5. The number of anilines is 2. The molecule has 2 unspecified atom stereocenters. The van der Waals surface area contributed by atoms with Crippen LogP contribution in [-0.2, 0) is 0 Å². The van der Waals surface area contributed by atoms with Crippen LogP contribution in [0.25, 0.3) is 0 Å². The normalized spacial score (nSPS) is 24.6. The van der Waals surface area contributed by atoms with Gasteiger partial charge in [-0.05, 0) is 37.3 Å². The van der Waals surface area contributed by atoms with Crippen LogP contribution < -0.4 is 11.1 Å². The highest BCUT2D eigenvalue weighted by Gasteiger charge is 2.26. The van der Waals surface area contributed by atoms with E-state index in [2.05, 4.69) is 11.6 Å². The minimum Gasteiger partial charge on any atom is -0.397 e. The summed E-state index contributed by atoms with van der Waals surface area (Å²) in [4.78, 5) is 0. The molecule has 4 heteroatoms. The molecular weight excluding hydrogens is 240 g/mol. The highest BCUT2D eigenvalue weighted by molar-refractivity contribution is 7.99. The van der Waals surface area contributed by atoms with Crippen molar-refractivity contribution in [3.63, 3.8) is 0 Å². The molecule has 1 saturated carbocycles. The lowest BCUT2D eigenvalue weighted by molar-refractivity contribution is 0.769. The third-order valence-electron chi connectivity index (χ3n) is 3.11. The Labute approximate surface area is 106 Å². The van der Waals surface area contributed by atoms with Crippen LogP contribution in [-0.4, -0.2) is 17.5 Å². The van der Waals surface area contributed by atoms with Crippen LogP contribution in [0.3, 0.4) is 0 Å². The molecule has 0 spiro atoms. The summed E-state index contributed by atoms with van der Waals surface area (Å²) in [5, 5.41) is 4.93. The maximum atomic E-state index is 5.93.